The molecule has 0 saturated carbocycles. The molecule has 0 atom stereocenters. The highest BCUT2D eigenvalue weighted by molar-refractivity contribution is 5.86. The lowest BCUT2D eigenvalue weighted by Gasteiger charge is -2.19. The molecule has 6 nitrogen and oxygen atoms in total. The van der Waals surface area contributed by atoms with Crippen LogP contribution in [0.2, 0.25) is 0 Å². The largest absolute Gasteiger partial charge is 0.466 e. The number of ketones is 1. The van der Waals surface area contributed by atoms with Gasteiger partial charge in [0.1, 0.15) is 5.60 Å². The molecule has 0 fully saturated rings. The Bertz CT molecular complexity index is 360. The number of ether oxygens (including phenoxy) is 2. The van der Waals surface area contributed by atoms with Crippen molar-refractivity contribution in [3.63, 3.8) is 0 Å². The molecule has 0 bridgehead atoms. The molecule has 0 heterocycles. The molecule has 0 unspecified atom stereocenters. The molecule has 0 saturated heterocycles. The summed E-state index contributed by atoms with van der Waals surface area (Å²) < 4.78 is 10.0. The van der Waals surface area contributed by atoms with Crippen molar-refractivity contribution in [3.05, 3.63) is 0 Å². The molecule has 0 aromatic carbocycles. The highest BCUT2D eigenvalue weighted by Crippen LogP contribution is 2.06. The second kappa shape index (κ2) is 11.0. The molecule has 0 spiro atoms. The first-order valence-electron chi connectivity index (χ1n) is 7.88. The number of hydrogen-bond acceptors (Lipinski definition) is 5. The van der Waals surface area contributed by atoms with Crippen LogP contribution in [0.3, 0.4) is 0 Å². The van der Waals surface area contributed by atoms with Crippen molar-refractivity contribution in [2.45, 2.75) is 71.8 Å². The number of carbonyl (C=O) groups excluding carboxylic acids is 3. The lowest BCUT2D eigenvalue weighted by molar-refractivity contribution is -0.144. The summed E-state index contributed by atoms with van der Waals surface area (Å²) in [6.07, 6.45) is 3.63. The third-order valence-corrected chi connectivity index (χ3v) is 2.70. The maximum Gasteiger partial charge on any atom is 0.408 e. The fraction of sp³-hybridized carbons (Fsp3) is 0.812. The van der Waals surface area contributed by atoms with Crippen molar-refractivity contribution in [3.8, 4) is 0 Å². The van der Waals surface area contributed by atoms with Crippen LogP contribution in [0.4, 0.5) is 4.79 Å². The topological polar surface area (TPSA) is 81.7 Å². The van der Waals surface area contributed by atoms with Crippen LogP contribution in [-0.4, -0.2) is 36.6 Å². The molecular weight excluding hydrogens is 286 g/mol. The van der Waals surface area contributed by atoms with Crippen LogP contribution in [0.25, 0.3) is 0 Å². The number of alkyl carbamates (subject to hydrolysis) is 1. The highest BCUT2D eigenvalue weighted by Gasteiger charge is 2.16. The average molecular weight is 315 g/mol. The minimum Gasteiger partial charge on any atom is -0.466 e. The number of rotatable bonds is 10. The van der Waals surface area contributed by atoms with Crippen LogP contribution < -0.4 is 5.32 Å². The zero-order valence-corrected chi connectivity index (χ0v) is 14.2. The Morgan fingerprint density at radius 2 is 1.68 bits per heavy atom. The zero-order valence-electron chi connectivity index (χ0n) is 14.2. The molecule has 0 aromatic heterocycles. The Morgan fingerprint density at radius 1 is 1.00 bits per heavy atom. The summed E-state index contributed by atoms with van der Waals surface area (Å²) in [5.74, 6) is -0.601. The van der Waals surface area contributed by atoms with Gasteiger partial charge in [-0.1, -0.05) is 26.2 Å². The van der Waals surface area contributed by atoms with Gasteiger partial charge in [-0.15, -0.1) is 0 Å². The summed E-state index contributed by atoms with van der Waals surface area (Å²) >= 11 is 0. The Balaban J connectivity index is 3.68. The molecule has 6 heteroatoms. The van der Waals surface area contributed by atoms with E-state index in [9.17, 15) is 14.4 Å². The normalized spacial score (nSPS) is 10.9. The molecule has 0 rings (SSSR count). The van der Waals surface area contributed by atoms with E-state index in [0.29, 0.717) is 6.61 Å². The van der Waals surface area contributed by atoms with E-state index >= 15 is 0 Å². The van der Waals surface area contributed by atoms with Gasteiger partial charge < -0.3 is 14.8 Å². The predicted octanol–water partition coefficient (Wildman–Crippen LogP) is 2.98. The molecule has 0 aromatic rings. The fourth-order valence-electron chi connectivity index (χ4n) is 1.60. The summed E-state index contributed by atoms with van der Waals surface area (Å²) in [7, 11) is 0. The molecule has 128 valence electrons. The molecule has 1 N–H and O–H groups in total. The predicted molar refractivity (Wildman–Crippen MR) is 83.6 cm³/mol. The Hall–Kier alpha value is -1.59. The summed E-state index contributed by atoms with van der Waals surface area (Å²) in [5, 5.41) is 2.37. The van der Waals surface area contributed by atoms with E-state index in [-0.39, 0.29) is 31.1 Å². The Labute approximate surface area is 132 Å². The van der Waals surface area contributed by atoms with Gasteiger partial charge in [-0.2, -0.15) is 0 Å². The van der Waals surface area contributed by atoms with E-state index in [0.717, 1.165) is 25.7 Å². The number of esters is 1. The molecule has 0 aliphatic carbocycles. The molecule has 22 heavy (non-hydrogen) atoms. The second-order valence-corrected chi connectivity index (χ2v) is 6.18. The number of amides is 1. The van der Waals surface area contributed by atoms with E-state index in [1.54, 1.807) is 20.8 Å². The first kappa shape index (κ1) is 20.4. The van der Waals surface area contributed by atoms with Crippen LogP contribution in [0.15, 0.2) is 0 Å². The second-order valence-electron chi connectivity index (χ2n) is 6.18. The van der Waals surface area contributed by atoms with Gasteiger partial charge in [0.25, 0.3) is 0 Å². The van der Waals surface area contributed by atoms with Gasteiger partial charge in [0.05, 0.1) is 19.6 Å². The van der Waals surface area contributed by atoms with E-state index < -0.39 is 11.7 Å². The number of unbranched alkanes of at least 4 members (excludes halogenated alkanes) is 3. The van der Waals surface area contributed by atoms with Crippen molar-refractivity contribution in [1.82, 2.24) is 5.32 Å². The first-order chi connectivity index (χ1) is 10.2. The van der Waals surface area contributed by atoms with Crippen molar-refractivity contribution in [2.75, 3.05) is 13.2 Å². The number of carbonyl (C=O) groups is 3. The highest BCUT2D eigenvalue weighted by atomic mass is 16.6. The van der Waals surface area contributed by atoms with Crippen molar-refractivity contribution >= 4 is 17.8 Å². The van der Waals surface area contributed by atoms with Crippen LogP contribution >= 0.6 is 0 Å². The lowest BCUT2D eigenvalue weighted by atomic mass is 10.2. The standard InChI is InChI=1S/C16H29NO5/c1-5-6-7-8-11-21-14(19)10-9-13(18)12-17-15(20)22-16(2,3)4/h5-12H2,1-4H3,(H,17,20). The number of nitrogens with one attached hydrogen (secondary N) is 1. The Kier molecular flexibility index (Phi) is 10.2. The number of Topliss-reactive ketones (excluding diaryl/α,β-unsaturated/α-hetero) is 1. The zero-order chi connectivity index (χ0) is 17.0. The molecular formula is C16H29NO5. The van der Waals surface area contributed by atoms with Gasteiger partial charge in [0.2, 0.25) is 0 Å². The maximum absolute atomic E-state index is 11.6. The Morgan fingerprint density at radius 3 is 2.27 bits per heavy atom. The van der Waals surface area contributed by atoms with E-state index in [1.165, 1.54) is 0 Å². The van der Waals surface area contributed by atoms with Gasteiger partial charge in [-0.3, -0.25) is 9.59 Å². The quantitative estimate of drug-likeness (QED) is 0.495. The third-order valence-electron chi connectivity index (χ3n) is 2.70. The molecule has 1 amide bonds. The molecule has 0 radical (unpaired) electrons. The lowest BCUT2D eigenvalue weighted by Crippen LogP contribution is -2.35. The summed E-state index contributed by atoms with van der Waals surface area (Å²) in [6, 6.07) is 0. The van der Waals surface area contributed by atoms with E-state index in [1.807, 2.05) is 0 Å². The molecule has 0 aliphatic heterocycles. The van der Waals surface area contributed by atoms with Crippen LogP contribution in [0.5, 0.6) is 0 Å². The van der Waals surface area contributed by atoms with Crippen molar-refractivity contribution in [2.24, 2.45) is 0 Å². The summed E-state index contributed by atoms with van der Waals surface area (Å²) in [6.45, 7) is 7.60. The summed E-state index contributed by atoms with van der Waals surface area (Å²) in [5.41, 5.74) is -0.602. The van der Waals surface area contributed by atoms with Gasteiger partial charge >= 0.3 is 12.1 Å². The van der Waals surface area contributed by atoms with Gasteiger partial charge in [0, 0.05) is 6.42 Å². The van der Waals surface area contributed by atoms with Crippen LogP contribution in [0, 0.1) is 0 Å². The minimum absolute atomic E-state index is 0.0443. The van der Waals surface area contributed by atoms with E-state index in [2.05, 4.69) is 12.2 Å². The average Bonchev–Trinajstić information content (AvgIpc) is 2.41. The van der Waals surface area contributed by atoms with Crippen molar-refractivity contribution < 1.29 is 23.9 Å². The van der Waals surface area contributed by atoms with Crippen LogP contribution in [-0.2, 0) is 19.1 Å². The third kappa shape index (κ3) is 13.4. The summed E-state index contributed by atoms with van der Waals surface area (Å²) in [4.78, 5) is 34.3. The van der Waals surface area contributed by atoms with E-state index in [4.69, 9.17) is 9.47 Å². The maximum atomic E-state index is 11.6. The van der Waals surface area contributed by atoms with Gasteiger partial charge in [-0.25, -0.2) is 4.79 Å². The SMILES string of the molecule is CCCCCCOC(=O)CCC(=O)CNC(=O)OC(C)(C)C. The monoisotopic (exact) mass is 315 g/mol. The smallest absolute Gasteiger partial charge is 0.408 e. The van der Waals surface area contributed by atoms with Crippen molar-refractivity contribution in [1.29, 1.82) is 0 Å². The van der Waals surface area contributed by atoms with Gasteiger partial charge in [0.15, 0.2) is 5.78 Å². The number of hydrogen-bond donors (Lipinski definition) is 1. The molecule has 0 aliphatic rings. The van der Waals surface area contributed by atoms with Gasteiger partial charge in [-0.05, 0) is 27.2 Å². The van der Waals surface area contributed by atoms with Crippen LogP contribution in [0.1, 0.15) is 66.2 Å². The minimum atomic E-state index is -0.639. The fourth-order valence-corrected chi connectivity index (χ4v) is 1.60. The first-order valence-corrected chi connectivity index (χ1v) is 7.88.